The molecule has 3 aromatic rings. The van der Waals surface area contributed by atoms with Gasteiger partial charge >= 0.3 is 0 Å². The first-order valence-corrected chi connectivity index (χ1v) is 6.09. The number of nitrogens with one attached hydrogen (secondary N) is 1. The predicted octanol–water partition coefficient (Wildman–Crippen LogP) is 2.59. The van der Waals surface area contributed by atoms with Crippen molar-refractivity contribution in [1.82, 2.24) is 10.1 Å². The van der Waals surface area contributed by atoms with Crippen LogP contribution in [0.15, 0.2) is 51.7 Å². The number of ether oxygens (including phenoxy) is 1. The molecule has 0 saturated heterocycles. The van der Waals surface area contributed by atoms with Crippen LogP contribution in [-0.2, 0) is 0 Å². The van der Waals surface area contributed by atoms with Crippen molar-refractivity contribution in [3.63, 3.8) is 0 Å². The van der Waals surface area contributed by atoms with Crippen molar-refractivity contribution in [2.75, 3.05) is 12.4 Å². The Kier molecular flexibility index (Phi) is 3.38. The molecule has 106 valence electrons. The van der Waals surface area contributed by atoms with E-state index in [0.717, 1.165) is 0 Å². The number of carbonyl (C=O) groups excluding carboxylic acids is 1. The molecule has 3 aromatic heterocycles. The second kappa shape index (κ2) is 5.49. The predicted molar refractivity (Wildman–Crippen MR) is 72.9 cm³/mol. The first kappa shape index (κ1) is 12.9. The number of hydrogen-bond donors (Lipinski definition) is 1. The number of hydrogen-bond acceptors (Lipinski definition) is 6. The molecule has 0 aliphatic heterocycles. The molecule has 3 heterocycles. The van der Waals surface area contributed by atoms with Crippen molar-refractivity contribution in [2.45, 2.75) is 0 Å². The van der Waals surface area contributed by atoms with Crippen LogP contribution in [0.1, 0.15) is 10.6 Å². The molecule has 0 aromatic carbocycles. The van der Waals surface area contributed by atoms with E-state index in [1.807, 2.05) is 0 Å². The molecule has 0 radical (unpaired) electrons. The summed E-state index contributed by atoms with van der Waals surface area (Å²) in [7, 11) is 1.44. The molecule has 7 heteroatoms. The molecule has 0 bridgehead atoms. The van der Waals surface area contributed by atoms with E-state index in [0.29, 0.717) is 17.1 Å². The number of pyridine rings is 1. The van der Waals surface area contributed by atoms with Crippen LogP contribution < -0.4 is 10.1 Å². The SMILES string of the molecule is COc1cc(C(=O)Nc2cccnc2-c2ccco2)on1. The molecule has 1 amide bonds. The summed E-state index contributed by atoms with van der Waals surface area (Å²) in [5, 5.41) is 6.28. The highest BCUT2D eigenvalue weighted by molar-refractivity contribution is 6.04. The highest BCUT2D eigenvalue weighted by atomic mass is 16.5. The molecule has 0 saturated carbocycles. The third-order valence-electron chi connectivity index (χ3n) is 2.73. The molecular formula is C14H11N3O4. The molecule has 7 nitrogen and oxygen atoms in total. The number of anilines is 1. The average molecular weight is 285 g/mol. The first-order chi connectivity index (χ1) is 10.3. The lowest BCUT2D eigenvalue weighted by Crippen LogP contribution is -2.12. The first-order valence-electron chi connectivity index (χ1n) is 6.09. The number of furan rings is 1. The quantitative estimate of drug-likeness (QED) is 0.792. The van der Waals surface area contributed by atoms with E-state index in [1.54, 1.807) is 30.5 Å². The Bertz CT molecular complexity index is 749. The maximum absolute atomic E-state index is 12.1. The molecule has 3 rings (SSSR count). The van der Waals surface area contributed by atoms with E-state index in [1.165, 1.54) is 19.4 Å². The summed E-state index contributed by atoms with van der Waals surface area (Å²) >= 11 is 0. The van der Waals surface area contributed by atoms with Gasteiger partial charge in [0.05, 0.1) is 25.1 Å². The van der Waals surface area contributed by atoms with Crippen LogP contribution in [0.3, 0.4) is 0 Å². The zero-order chi connectivity index (χ0) is 14.7. The van der Waals surface area contributed by atoms with Crippen molar-refractivity contribution in [3.05, 3.63) is 48.6 Å². The molecule has 0 aliphatic rings. The topological polar surface area (TPSA) is 90.4 Å². The van der Waals surface area contributed by atoms with Gasteiger partial charge in [-0.15, -0.1) is 0 Å². The molecule has 0 atom stereocenters. The summed E-state index contributed by atoms with van der Waals surface area (Å²) in [6, 6.07) is 8.34. The van der Waals surface area contributed by atoms with Gasteiger partial charge in [0, 0.05) is 6.20 Å². The number of nitrogens with zero attached hydrogens (tertiary/aromatic N) is 2. The number of aromatic nitrogens is 2. The summed E-state index contributed by atoms with van der Waals surface area (Å²) in [5.41, 5.74) is 1.04. The monoisotopic (exact) mass is 285 g/mol. The zero-order valence-corrected chi connectivity index (χ0v) is 11.1. The van der Waals surface area contributed by atoms with E-state index in [2.05, 4.69) is 15.5 Å². The summed E-state index contributed by atoms with van der Waals surface area (Å²) < 4.78 is 15.1. The van der Waals surface area contributed by atoms with Gasteiger partial charge in [-0.3, -0.25) is 9.78 Å². The van der Waals surface area contributed by atoms with Gasteiger partial charge in [0.25, 0.3) is 11.8 Å². The summed E-state index contributed by atoms with van der Waals surface area (Å²) in [5.74, 6) is 0.381. The second-order valence-electron chi connectivity index (χ2n) is 4.06. The molecule has 0 fully saturated rings. The molecular weight excluding hydrogens is 274 g/mol. The van der Waals surface area contributed by atoms with Gasteiger partial charge in [-0.25, -0.2) is 0 Å². The second-order valence-corrected chi connectivity index (χ2v) is 4.06. The van der Waals surface area contributed by atoms with Crippen LogP contribution in [0.5, 0.6) is 5.88 Å². The molecule has 0 unspecified atom stereocenters. The van der Waals surface area contributed by atoms with Crippen molar-refractivity contribution in [2.24, 2.45) is 0 Å². The number of amides is 1. The Balaban J connectivity index is 1.86. The average Bonchev–Trinajstić information content (AvgIpc) is 3.19. The third-order valence-corrected chi connectivity index (χ3v) is 2.73. The fourth-order valence-corrected chi connectivity index (χ4v) is 1.76. The molecule has 0 spiro atoms. The van der Waals surface area contributed by atoms with Crippen LogP contribution in [-0.4, -0.2) is 23.2 Å². The fraction of sp³-hybridized carbons (Fsp3) is 0.0714. The maximum Gasteiger partial charge on any atom is 0.294 e. The van der Waals surface area contributed by atoms with Gasteiger partial charge < -0.3 is 19.0 Å². The lowest BCUT2D eigenvalue weighted by Gasteiger charge is -2.06. The van der Waals surface area contributed by atoms with Crippen molar-refractivity contribution >= 4 is 11.6 Å². The van der Waals surface area contributed by atoms with E-state index < -0.39 is 5.91 Å². The van der Waals surface area contributed by atoms with Crippen LogP contribution in [0, 0.1) is 0 Å². The Labute approximate surface area is 119 Å². The Hall–Kier alpha value is -3.09. The van der Waals surface area contributed by atoms with Crippen LogP contribution >= 0.6 is 0 Å². The number of carbonyl (C=O) groups is 1. The maximum atomic E-state index is 12.1. The smallest absolute Gasteiger partial charge is 0.294 e. The van der Waals surface area contributed by atoms with E-state index in [-0.39, 0.29) is 11.6 Å². The van der Waals surface area contributed by atoms with E-state index in [9.17, 15) is 4.79 Å². The Morgan fingerprint density at radius 2 is 2.24 bits per heavy atom. The molecule has 21 heavy (non-hydrogen) atoms. The Morgan fingerprint density at radius 3 is 2.95 bits per heavy atom. The van der Waals surface area contributed by atoms with Gasteiger partial charge in [-0.2, -0.15) is 0 Å². The minimum atomic E-state index is -0.452. The molecule has 0 aliphatic carbocycles. The van der Waals surface area contributed by atoms with Crippen LogP contribution in [0.2, 0.25) is 0 Å². The van der Waals surface area contributed by atoms with Gasteiger partial charge in [0.2, 0.25) is 5.76 Å². The van der Waals surface area contributed by atoms with E-state index in [4.69, 9.17) is 13.7 Å². The van der Waals surface area contributed by atoms with Crippen LogP contribution in [0.4, 0.5) is 5.69 Å². The Morgan fingerprint density at radius 1 is 1.33 bits per heavy atom. The summed E-state index contributed by atoms with van der Waals surface area (Å²) in [4.78, 5) is 16.3. The molecule has 1 N–H and O–H groups in total. The standard InChI is InChI=1S/C14H11N3O4/c1-19-12-8-11(21-17-12)14(18)16-9-4-2-6-15-13(9)10-5-3-7-20-10/h2-8H,1H3,(H,16,18). The van der Waals surface area contributed by atoms with E-state index >= 15 is 0 Å². The third kappa shape index (κ3) is 2.62. The minimum Gasteiger partial charge on any atom is -0.479 e. The number of rotatable bonds is 4. The highest BCUT2D eigenvalue weighted by Gasteiger charge is 2.16. The van der Waals surface area contributed by atoms with Crippen molar-refractivity contribution in [3.8, 4) is 17.3 Å². The summed E-state index contributed by atoms with van der Waals surface area (Å²) in [6.45, 7) is 0. The van der Waals surface area contributed by atoms with Gasteiger partial charge in [-0.1, -0.05) is 0 Å². The zero-order valence-electron chi connectivity index (χ0n) is 11.1. The minimum absolute atomic E-state index is 0.0427. The lowest BCUT2D eigenvalue weighted by molar-refractivity contribution is 0.0987. The van der Waals surface area contributed by atoms with Crippen molar-refractivity contribution in [1.29, 1.82) is 0 Å². The van der Waals surface area contributed by atoms with Gasteiger partial charge in [0.1, 0.15) is 5.69 Å². The van der Waals surface area contributed by atoms with Gasteiger partial charge in [-0.05, 0) is 29.4 Å². The van der Waals surface area contributed by atoms with Crippen LogP contribution in [0.25, 0.3) is 11.5 Å². The van der Waals surface area contributed by atoms with Gasteiger partial charge in [0.15, 0.2) is 5.76 Å². The fourth-order valence-electron chi connectivity index (χ4n) is 1.76. The number of methoxy groups -OCH3 is 1. The largest absolute Gasteiger partial charge is 0.479 e. The summed E-state index contributed by atoms with van der Waals surface area (Å²) in [6.07, 6.45) is 3.15. The lowest BCUT2D eigenvalue weighted by atomic mass is 10.2. The van der Waals surface area contributed by atoms with Crippen molar-refractivity contribution < 1.29 is 18.5 Å². The normalized spacial score (nSPS) is 10.3. The highest BCUT2D eigenvalue weighted by Crippen LogP contribution is 2.26.